The van der Waals surface area contributed by atoms with Crippen molar-refractivity contribution in [3.63, 3.8) is 0 Å². The number of carbonyl (C=O) groups is 2. The van der Waals surface area contributed by atoms with Gasteiger partial charge in [-0.2, -0.15) is 0 Å². The number of allylic oxidation sites excluding steroid dienone is 4. The van der Waals surface area contributed by atoms with Gasteiger partial charge < -0.3 is 14.4 Å². The third-order valence-electron chi connectivity index (χ3n) is 7.73. The number of ether oxygens (including phenoxy) is 2. The zero-order chi connectivity index (χ0) is 34.0. The molecule has 0 fully saturated rings. The molecule has 0 amide bonds. The second-order valence-electron chi connectivity index (χ2n) is 12.2. The van der Waals surface area contributed by atoms with E-state index in [1.165, 1.54) is 64.2 Å². The third-order valence-corrected chi connectivity index (χ3v) is 8.79. The summed E-state index contributed by atoms with van der Waals surface area (Å²) in [6, 6.07) is 0. The minimum absolute atomic E-state index is 0.00161. The highest BCUT2D eigenvalue weighted by Gasteiger charge is 2.25. The Morgan fingerprint density at radius 2 is 0.978 bits per heavy atom. The van der Waals surface area contributed by atoms with E-state index in [-0.39, 0.29) is 32.0 Å². The lowest BCUT2D eigenvalue weighted by atomic mass is 10.1. The van der Waals surface area contributed by atoms with E-state index in [9.17, 15) is 19.0 Å². The molecular weight excluding hydrogens is 603 g/mol. The largest absolute Gasteiger partial charge is 0.472 e. The van der Waals surface area contributed by atoms with Gasteiger partial charge in [0.25, 0.3) is 0 Å². The quantitative estimate of drug-likeness (QED) is 0.0311. The number of hydrogen-bond donors (Lipinski definition) is 1. The van der Waals surface area contributed by atoms with E-state index in [0.717, 1.165) is 70.6 Å². The smallest absolute Gasteiger partial charge is 0.462 e. The van der Waals surface area contributed by atoms with Gasteiger partial charge in [0, 0.05) is 12.8 Å². The Morgan fingerprint density at radius 1 is 0.565 bits per heavy atom. The Bertz CT molecular complexity index is 813. The number of phosphoric ester groups is 1. The van der Waals surface area contributed by atoms with Gasteiger partial charge in [-0.05, 0) is 71.1 Å². The highest BCUT2D eigenvalue weighted by atomic mass is 31.2. The number of unbranched alkanes of at least 4 members (excludes halogenated alkanes) is 18. The number of carbonyl (C=O) groups excluding carboxylic acids is 2. The molecule has 9 heteroatoms. The van der Waals surface area contributed by atoms with Crippen molar-refractivity contribution in [2.75, 3.05) is 19.8 Å². The standard InChI is InChI=1S/C37H69O8P/c1-4-7-9-11-13-15-17-19-21-23-25-27-29-31-36(38)42-33-35(34-44-46(40,41)43-6-3)45-37(39)32-30-28-26-24-22-20-18-16-14-12-10-8-5-2/h15-18,35H,4-14,19-34H2,1-3H3,(H,40,41)/b17-15-,18-16-/t35-/m1/s1. The van der Waals surface area contributed by atoms with Crippen molar-refractivity contribution in [1.29, 1.82) is 0 Å². The Kier molecular flexibility index (Phi) is 32.4. The van der Waals surface area contributed by atoms with Crippen LogP contribution >= 0.6 is 7.82 Å². The van der Waals surface area contributed by atoms with E-state index in [1.54, 1.807) is 6.92 Å². The maximum absolute atomic E-state index is 12.5. The molecule has 1 unspecified atom stereocenters. The van der Waals surface area contributed by atoms with Gasteiger partial charge in [0.05, 0.1) is 13.2 Å². The maximum Gasteiger partial charge on any atom is 0.472 e. The second kappa shape index (κ2) is 33.4. The van der Waals surface area contributed by atoms with Crippen LogP contribution in [-0.2, 0) is 32.7 Å². The normalized spacial score (nSPS) is 13.7. The zero-order valence-corrected chi connectivity index (χ0v) is 30.6. The molecule has 0 saturated heterocycles. The summed E-state index contributed by atoms with van der Waals surface area (Å²) in [4.78, 5) is 34.5. The zero-order valence-electron chi connectivity index (χ0n) is 29.7. The minimum Gasteiger partial charge on any atom is -0.462 e. The van der Waals surface area contributed by atoms with Crippen molar-refractivity contribution in [2.45, 2.75) is 181 Å². The molecule has 46 heavy (non-hydrogen) atoms. The molecule has 0 aromatic heterocycles. The first-order valence-electron chi connectivity index (χ1n) is 18.6. The van der Waals surface area contributed by atoms with Gasteiger partial charge in [-0.3, -0.25) is 18.6 Å². The van der Waals surface area contributed by atoms with E-state index in [0.29, 0.717) is 6.42 Å². The van der Waals surface area contributed by atoms with Crippen molar-refractivity contribution in [2.24, 2.45) is 0 Å². The molecule has 0 aliphatic carbocycles. The summed E-state index contributed by atoms with van der Waals surface area (Å²) in [5, 5.41) is 0. The van der Waals surface area contributed by atoms with Crippen molar-refractivity contribution in [1.82, 2.24) is 0 Å². The van der Waals surface area contributed by atoms with Gasteiger partial charge in [-0.1, -0.05) is 115 Å². The lowest BCUT2D eigenvalue weighted by Gasteiger charge is -2.19. The molecule has 8 nitrogen and oxygen atoms in total. The summed E-state index contributed by atoms with van der Waals surface area (Å²) in [5.41, 5.74) is 0. The van der Waals surface area contributed by atoms with Gasteiger partial charge in [0.2, 0.25) is 0 Å². The summed E-state index contributed by atoms with van der Waals surface area (Å²) >= 11 is 0. The Balaban J connectivity index is 4.19. The van der Waals surface area contributed by atoms with Gasteiger partial charge in [-0.15, -0.1) is 0 Å². The first-order chi connectivity index (χ1) is 22.3. The monoisotopic (exact) mass is 672 g/mol. The fraction of sp³-hybridized carbons (Fsp3) is 0.838. The van der Waals surface area contributed by atoms with E-state index in [1.807, 2.05) is 0 Å². The fourth-order valence-corrected chi connectivity index (χ4v) is 5.73. The molecule has 270 valence electrons. The molecule has 0 aliphatic heterocycles. The van der Waals surface area contributed by atoms with Gasteiger partial charge >= 0.3 is 19.8 Å². The van der Waals surface area contributed by atoms with Crippen LogP contribution in [0.4, 0.5) is 0 Å². The molecular formula is C37H69O8P. The van der Waals surface area contributed by atoms with E-state index >= 15 is 0 Å². The van der Waals surface area contributed by atoms with E-state index in [2.05, 4.69) is 38.2 Å². The van der Waals surface area contributed by atoms with Crippen LogP contribution in [0.15, 0.2) is 24.3 Å². The van der Waals surface area contributed by atoms with Gasteiger partial charge in [-0.25, -0.2) is 4.57 Å². The van der Waals surface area contributed by atoms with E-state index in [4.69, 9.17) is 18.5 Å². The van der Waals surface area contributed by atoms with Crippen LogP contribution in [-0.4, -0.2) is 42.8 Å². The SMILES string of the molecule is CCCCCC/C=C\CCCCCCCC(=O)OC[C@H](COP(=O)(O)OCC)OC(=O)CCCCCCC/C=C\CCCCCC. The number of hydrogen-bond acceptors (Lipinski definition) is 7. The molecule has 0 aliphatic rings. The van der Waals surface area contributed by atoms with Crippen molar-refractivity contribution >= 4 is 19.8 Å². The Hall–Kier alpha value is -1.47. The van der Waals surface area contributed by atoms with Crippen LogP contribution in [0.5, 0.6) is 0 Å². The van der Waals surface area contributed by atoms with Crippen LogP contribution in [0.25, 0.3) is 0 Å². The summed E-state index contributed by atoms with van der Waals surface area (Å²) in [5.74, 6) is -0.818. The van der Waals surface area contributed by atoms with Gasteiger partial charge in [0.15, 0.2) is 6.10 Å². The van der Waals surface area contributed by atoms with Crippen LogP contribution < -0.4 is 0 Å². The summed E-state index contributed by atoms with van der Waals surface area (Å²) in [6.07, 6.45) is 33.7. The molecule has 0 radical (unpaired) electrons. The predicted octanol–water partition coefficient (Wildman–Crippen LogP) is 11.1. The van der Waals surface area contributed by atoms with Crippen LogP contribution in [0, 0.1) is 0 Å². The Labute approximate surface area is 282 Å². The van der Waals surface area contributed by atoms with Gasteiger partial charge in [0.1, 0.15) is 6.61 Å². The van der Waals surface area contributed by atoms with Crippen molar-refractivity contribution in [3.8, 4) is 0 Å². The van der Waals surface area contributed by atoms with Crippen LogP contribution in [0.1, 0.15) is 175 Å². The maximum atomic E-state index is 12.5. The molecule has 2 atom stereocenters. The molecule has 0 rings (SSSR count). The average Bonchev–Trinajstić information content (AvgIpc) is 3.03. The van der Waals surface area contributed by atoms with Crippen molar-refractivity contribution in [3.05, 3.63) is 24.3 Å². The Morgan fingerprint density at radius 3 is 1.43 bits per heavy atom. The fourth-order valence-electron chi connectivity index (χ4n) is 4.97. The predicted molar refractivity (Wildman–Crippen MR) is 189 cm³/mol. The lowest BCUT2D eigenvalue weighted by Crippen LogP contribution is -2.29. The topological polar surface area (TPSA) is 108 Å². The molecule has 0 aromatic carbocycles. The molecule has 1 N–H and O–H groups in total. The minimum atomic E-state index is -4.27. The number of phosphoric acid groups is 1. The molecule has 0 spiro atoms. The van der Waals surface area contributed by atoms with E-state index < -0.39 is 26.5 Å². The molecule has 0 aromatic rings. The van der Waals surface area contributed by atoms with Crippen LogP contribution in [0.2, 0.25) is 0 Å². The first-order valence-corrected chi connectivity index (χ1v) is 20.1. The third kappa shape index (κ3) is 32.5. The molecule has 0 heterocycles. The summed E-state index contributed by atoms with van der Waals surface area (Å²) in [7, 11) is -4.27. The highest BCUT2D eigenvalue weighted by Crippen LogP contribution is 2.43. The lowest BCUT2D eigenvalue weighted by molar-refractivity contribution is -0.161. The first kappa shape index (κ1) is 44.5. The van der Waals surface area contributed by atoms with Crippen molar-refractivity contribution < 1.29 is 37.6 Å². The molecule has 0 bridgehead atoms. The average molecular weight is 673 g/mol. The molecule has 0 saturated carbocycles. The number of esters is 2. The second-order valence-corrected chi connectivity index (χ2v) is 13.7. The van der Waals surface area contributed by atoms with Crippen LogP contribution in [0.3, 0.4) is 0 Å². The highest BCUT2D eigenvalue weighted by molar-refractivity contribution is 7.47. The summed E-state index contributed by atoms with van der Waals surface area (Å²) in [6.45, 7) is 5.41. The summed E-state index contributed by atoms with van der Waals surface area (Å²) < 4.78 is 32.5. The number of rotatable bonds is 34.